The summed E-state index contributed by atoms with van der Waals surface area (Å²) in [6, 6.07) is 2.79. The third-order valence-electron chi connectivity index (χ3n) is 1.82. The maximum atomic E-state index is 11.7. The molecule has 0 aliphatic heterocycles. The molecule has 0 aliphatic carbocycles. The molecule has 2 rings (SSSR count). The van der Waals surface area contributed by atoms with Gasteiger partial charge in [0.25, 0.3) is 5.91 Å². The van der Waals surface area contributed by atoms with Crippen molar-refractivity contribution in [1.82, 2.24) is 15.1 Å². The Bertz CT molecular complexity index is 548. The topological polar surface area (TPSA) is 107 Å². The number of aryl methyl sites for hydroxylation is 1. The Hall–Kier alpha value is -2.15. The summed E-state index contributed by atoms with van der Waals surface area (Å²) in [5.41, 5.74) is 5.73. The molecule has 0 bridgehead atoms. The fourth-order valence-corrected chi connectivity index (χ4v) is 1.38. The second-order valence-corrected chi connectivity index (χ2v) is 3.59. The minimum atomic E-state index is -0.454. The van der Waals surface area contributed by atoms with Crippen molar-refractivity contribution in [3.8, 4) is 0 Å². The Morgan fingerprint density at radius 3 is 2.82 bits per heavy atom. The number of carbonyl (C=O) groups excluding carboxylic acids is 1. The molecule has 2 heterocycles. The zero-order valence-corrected chi connectivity index (χ0v) is 9.52. The number of anilines is 2. The number of aromatic nitrogens is 3. The Balaban J connectivity index is 2.19. The minimum absolute atomic E-state index is 0.0130. The number of nitrogens with two attached hydrogens (primary N) is 1. The van der Waals surface area contributed by atoms with E-state index in [4.69, 9.17) is 21.9 Å². The normalized spacial score (nSPS) is 10.2. The van der Waals surface area contributed by atoms with E-state index >= 15 is 0 Å². The van der Waals surface area contributed by atoms with Gasteiger partial charge in [-0.05, 0) is 19.1 Å². The molecule has 8 heteroatoms. The SMILES string of the molecule is Cc1noc(NC(=O)c2cc(N)nc(Cl)c2)n1. The van der Waals surface area contributed by atoms with Gasteiger partial charge in [-0.3, -0.25) is 10.1 Å². The highest BCUT2D eigenvalue weighted by Gasteiger charge is 2.12. The van der Waals surface area contributed by atoms with Gasteiger partial charge in [0.15, 0.2) is 5.82 Å². The Morgan fingerprint density at radius 1 is 1.47 bits per heavy atom. The molecule has 0 radical (unpaired) electrons. The molecule has 7 nitrogen and oxygen atoms in total. The van der Waals surface area contributed by atoms with Crippen LogP contribution in [0.5, 0.6) is 0 Å². The number of nitrogen functional groups attached to an aromatic ring is 1. The van der Waals surface area contributed by atoms with Crippen molar-refractivity contribution in [3.05, 3.63) is 28.7 Å². The Kier molecular flexibility index (Phi) is 2.92. The number of amides is 1. The number of hydrogen-bond donors (Lipinski definition) is 2. The van der Waals surface area contributed by atoms with E-state index < -0.39 is 5.91 Å². The van der Waals surface area contributed by atoms with Crippen LogP contribution in [0.15, 0.2) is 16.7 Å². The Morgan fingerprint density at radius 2 is 2.24 bits per heavy atom. The van der Waals surface area contributed by atoms with Crippen LogP contribution in [0.4, 0.5) is 11.8 Å². The van der Waals surface area contributed by atoms with Crippen molar-refractivity contribution in [1.29, 1.82) is 0 Å². The van der Waals surface area contributed by atoms with E-state index in [9.17, 15) is 4.79 Å². The minimum Gasteiger partial charge on any atom is -0.384 e. The molecule has 1 amide bonds. The van der Waals surface area contributed by atoms with E-state index in [0.717, 1.165) is 0 Å². The van der Waals surface area contributed by atoms with Crippen LogP contribution in [0.3, 0.4) is 0 Å². The average Bonchev–Trinajstić information content (AvgIpc) is 2.62. The number of nitrogens with one attached hydrogen (secondary N) is 1. The number of halogens is 1. The number of pyridine rings is 1. The average molecular weight is 254 g/mol. The van der Waals surface area contributed by atoms with Crippen molar-refractivity contribution in [2.75, 3.05) is 11.1 Å². The first kappa shape index (κ1) is 11.3. The van der Waals surface area contributed by atoms with Gasteiger partial charge in [-0.15, -0.1) is 0 Å². The molecule has 0 saturated heterocycles. The third kappa shape index (κ3) is 2.70. The molecule has 0 fully saturated rings. The number of hydrogen-bond acceptors (Lipinski definition) is 6. The predicted molar refractivity (Wildman–Crippen MR) is 60.6 cm³/mol. The highest BCUT2D eigenvalue weighted by atomic mass is 35.5. The number of nitrogens with zero attached hydrogens (tertiary/aromatic N) is 3. The lowest BCUT2D eigenvalue weighted by Gasteiger charge is -2.01. The second kappa shape index (κ2) is 4.38. The van der Waals surface area contributed by atoms with Crippen molar-refractivity contribution >= 4 is 29.3 Å². The first-order valence-corrected chi connectivity index (χ1v) is 4.97. The molecular weight excluding hydrogens is 246 g/mol. The van der Waals surface area contributed by atoms with Crippen LogP contribution in [0, 0.1) is 6.92 Å². The molecule has 0 spiro atoms. The highest BCUT2D eigenvalue weighted by Crippen LogP contribution is 2.13. The first-order valence-electron chi connectivity index (χ1n) is 4.59. The standard InChI is InChI=1S/C9H8ClN5O2/c1-4-12-9(17-15-4)14-8(16)5-2-6(10)13-7(11)3-5/h2-3H,1H3,(H2,11,13)(H,12,14,15,16). The molecule has 0 aliphatic rings. The zero-order valence-electron chi connectivity index (χ0n) is 8.77. The van der Waals surface area contributed by atoms with Gasteiger partial charge in [-0.2, -0.15) is 4.98 Å². The van der Waals surface area contributed by atoms with Crippen molar-refractivity contribution in [2.45, 2.75) is 6.92 Å². The fourth-order valence-electron chi connectivity index (χ4n) is 1.17. The third-order valence-corrected chi connectivity index (χ3v) is 2.02. The van der Waals surface area contributed by atoms with Crippen LogP contribution in [0.25, 0.3) is 0 Å². The molecule has 88 valence electrons. The smallest absolute Gasteiger partial charge is 0.328 e. The Labute approximate surface area is 101 Å². The predicted octanol–water partition coefficient (Wildman–Crippen LogP) is 1.26. The molecule has 2 aromatic rings. The molecule has 0 saturated carbocycles. The summed E-state index contributed by atoms with van der Waals surface area (Å²) in [6.45, 7) is 1.64. The summed E-state index contributed by atoms with van der Waals surface area (Å²) < 4.78 is 4.74. The monoisotopic (exact) mass is 253 g/mol. The van der Waals surface area contributed by atoms with Gasteiger partial charge in [0.2, 0.25) is 0 Å². The van der Waals surface area contributed by atoms with Crippen LogP contribution in [-0.2, 0) is 0 Å². The summed E-state index contributed by atoms with van der Waals surface area (Å²) in [6.07, 6.45) is 0. The van der Waals surface area contributed by atoms with E-state index in [1.165, 1.54) is 12.1 Å². The van der Waals surface area contributed by atoms with E-state index in [-0.39, 0.29) is 22.5 Å². The van der Waals surface area contributed by atoms with Crippen LogP contribution in [-0.4, -0.2) is 21.0 Å². The van der Waals surface area contributed by atoms with E-state index in [2.05, 4.69) is 20.4 Å². The van der Waals surface area contributed by atoms with Crippen LogP contribution >= 0.6 is 11.6 Å². The summed E-state index contributed by atoms with van der Waals surface area (Å²) in [7, 11) is 0. The largest absolute Gasteiger partial charge is 0.384 e. The second-order valence-electron chi connectivity index (χ2n) is 3.20. The highest BCUT2D eigenvalue weighted by molar-refractivity contribution is 6.30. The molecule has 0 aromatic carbocycles. The van der Waals surface area contributed by atoms with Gasteiger partial charge in [0, 0.05) is 5.56 Å². The first-order chi connectivity index (χ1) is 8.04. The molecule has 0 unspecified atom stereocenters. The van der Waals surface area contributed by atoms with Gasteiger partial charge in [0.1, 0.15) is 11.0 Å². The zero-order chi connectivity index (χ0) is 12.4. The molecular formula is C9H8ClN5O2. The van der Waals surface area contributed by atoms with E-state index in [0.29, 0.717) is 5.82 Å². The van der Waals surface area contributed by atoms with Gasteiger partial charge in [-0.25, -0.2) is 4.98 Å². The van der Waals surface area contributed by atoms with Gasteiger partial charge < -0.3 is 10.3 Å². The van der Waals surface area contributed by atoms with Crippen molar-refractivity contribution < 1.29 is 9.32 Å². The van der Waals surface area contributed by atoms with Crippen LogP contribution in [0.1, 0.15) is 16.2 Å². The number of rotatable bonds is 2. The van der Waals surface area contributed by atoms with Crippen LogP contribution in [0.2, 0.25) is 5.15 Å². The molecule has 3 N–H and O–H groups in total. The molecule has 17 heavy (non-hydrogen) atoms. The lowest BCUT2D eigenvalue weighted by molar-refractivity contribution is 0.102. The summed E-state index contributed by atoms with van der Waals surface area (Å²) in [4.78, 5) is 19.3. The van der Waals surface area contributed by atoms with Crippen LogP contribution < -0.4 is 11.1 Å². The maximum Gasteiger partial charge on any atom is 0.328 e. The van der Waals surface area contributed by atoms with E-state index in [1.54, 1.807) is 6.92 Å². The van der Waals surface area contributed by atoms with Gasteiger partial charge in [0.05, 0.1) is 0 Å². The summed E-state index contributed by atoms with van der Waals surface area (Å²) in [5.74, 6) is 0.126. The fraction of sp³-hybridized carbons (Fsp3) is 0.111. The van der Waals surface area contributed by atoms with Crippen molar-refractivity contribution in [3.63, 3.8) is 0 Å². The maximum absolute atomic E-state index is 11.7. The molecule has 2 aromatic heterocycles. The lowest BCUT2D eigenvalue weighted by atomic mass is 10.2. The summed E-state index contributed by atoms with van der Waals surface area (Å²) in [5, 5.41) is 6.08. The van der Waals surface area contributed by atoms with E-state index in [1.807, 2.05) is 0 Å². The lowest BCUT2D eigenvalue weighted by Crippen LogP contribution is -2.13. The molecule has 0 atom stereocenters. The van der Waals surface area contributed by atoms with Gasteiger partial charge >= 0.3 is 6.01 Å². The quantitative estimate of drug-likeness (QED) is 0.780. The van der Waals surface area contributed by atoms with Gasteiger partial charge in [-0.1, -0.05) is 16.8 Å². The van der Waals surface area contributed by atoms with Crippen molar-refractivity contribution in [2.24, 2.45) is 0 Å². The number of carbonyl (C=O) groups is 1. The summed E-state index contributed by atoms with van der Waals surface area (Å²) >= 11 is 5.68.